The highest BCUT2D eigenvalue weighted by atomic mass is 32.2. The van der Waals surface area contributed by atoms with E-state index in [1.807, 2.05) is 47.8 Å². The Kier molecular flexibility index (Phi) is 16.6. The number of aromatic nitrogens is 4. The topological polar surface area (TPSA) is 51.6 Å². The monoisotopic (exact) mass is 1530 g/mol. The maximum atomic E-state index is 5.43. The van der Waals surface area contributed by atoms with Crippen molar-refractivity contribution in [3.8, 4) is 157 Å². The zero-order chi connectivity index (χ0) is 77.8. The second-order valence-electron chi connectivity index (χ2n) is 31.0. The van der Waals surface area contributed by atoms with E-state index in [0.29, 0.717) is 11.6 Å². The van der Waals surface area contributed by atoms with Crippen molar-refractivity contribution in [2.24, 2.45) is 0 Å². The molecule has 0 N–H and O–H groups in total. The average Bonchev–Trinajstić information content (AvgIpc) is 1.50. The molecule has 2 spiro atoms. The molecule has 19 aromatic rings. The van der Waals surface area contributed by atoms with Crippen molar-refractivity contribution in [2.45, 2.75) is 30.4 Å². The Hall–Kier alpha value is -14.4. The number of hydrogen-bond donors (Lipinski definition) is 0. The molecule has 6 heteroatoms. The van der Waals surface area contributed by atoms with Gasteiger partial charge in [-0.25, -0.2) is 19.9 Å². The van der Waals surface area contributed by atoms with E-state index in [-0.39, 0.29) is 0 Å². The summed E-state index contributed by atoms with van der Waals surface area (Å²) in [5.74, 6) is 1.37. The van der Waals surface area contributed by atoms with E-state index in [1.165, 1.54) is 97.5 Å². The summed E-state index contributed by atoms with van der Waals surface area (Å²) in [4.78, 5) is 26.1. The maximum Gasteiger partial charge on any atom is 0.160 e. The largest absolute Gasteiger partial charge is 0.228 e. The standard InChI is InChI=1S/C112H70N4S2/c1-4-25-74(26-5-1)101-69-102(114-109(113-101)76-27-6-2-7-28-76)75-55-53-72(54-56-75)71-49-51-73(52-50-71)81-57-60-107-99(66-81)112(95-45-18-14-41-91(95)92-42-15-19-46-96(92)112)100-68-84(59-62-108(100)118-107)88-38-11-10-37-87(88)83-34-24-36-86(65-83)104-70-103(115-110(116-104)77-29-8-3-9-30-77)85-35-23-33-80(64-85)78-31-22-32-79(63-78)82-58-61-106-98(67-82)111(97-47-20-21-48-105(97)117-106)93-43-16-12-39-89(93)90-40-13-17-44-94(90)111/h1-70H. The summed E-state index contributed by atoms with van der Waals surface area (Å²) >= 11 is 3.76. The fraction of sp³-hybridized carbons (Fsp3) is 0.0179. The quantitative estimate of drug-likeness (QED) is 0.121. The van der Waals surface area contributed by atoms with Crippen molar-refractivity contribution >= 4 is 23.5 Å². The molecule has 2 aromatic heterocycles. The Labute approximate surface area is 694 Å². The lowest BCUT2D eigenvalue weighted by Gasteiger charge is -2.40. The van der Waals surface area contributed by atoms with Crippen LogP contribution in [0.3, 0.4) is 0 Å². The first kappa shape index (κ1) is 69.1. The van der Waals surface area contributed by atoms with Crippen LogP contribution in [0.5, 0.6) is 0 Å². The summed E-state index contributed by atoms with van der Waals surface area (Å²) < 4.78 is 0. The summed E-state index contributed by atoms with van der Waals surface area (Å²) in [6, 6.07) is 156. The van der Waals surface area contributed by atoms with Gasteiger partial charge in [0.1, 0.15) is 0 Å². The van der Waals surface area contributed by atoms with Gasteiger partial charge in [0.2, 0.25) is 0 Å². The van der Waals surface area contributed by atoms with E-state index in [1.54, 1.807) is 0 Å². The molecule has 4 heterocycles. The average molecular weight is 1540 g/mol. The molecule has 2 aliphatic carbocycles. The Morgan fingerprint density at radius 3 is 0.831 bits per heavy atom. The Bertz CT molecular complexity index is 7090. The highest BCUT2D eigenvalue weighted by Gasteiger charge is 2.52. The van der Waals surface area contributed by atoms with Crippen molar-refractivity contribution in [1.82, 2.24) is 19.9 Å². The van der Waals surface area contributed by atoms with Crippen LogP contribution in [-0.2, 0) is 10.8 Å². The van der Waals surface area contributed by atoms with Gasteiger partial charge in [0.15, 0.2) is 11.6 Å². The van der Waals surface area contributed by atoms with Crippen molar-refractivity contribution in [2.75, 3.05) is 0 Å². The molecule has 550 valence electrons. The number of nitrogens with zero attached hydrogens (tertiary/aromatic N) is 4. The lowest BCUT2D eigenvalue weighted by atomic mass is 9.66. The van der Waals surface area contributed by atoms with Gasteiger partial charge in [0.05, 0.1) is 33.6 Å². The number of fused-ring (bicyclic) bond motifs is 18. The molecule has 0 saturated heterocycles. The minimum absolute atomic E-state index is 0.458. The smallest absolute Gasteiger partial charge is 0.160 e. The maximum absolute atomic E-state index is 5.43. The molecular weight excluding hydrogens is 1470 g/mol. The van der Waals surface area contributed by atoms with E-state index in [2.05, 4.69) is 400 Å². The van der Waals surface area contributed by atoms with Crippen LogP contribution in [-0.4, -0.2) is 19.9 Å². The molecule has 118 heavy (non-hydrogen) atoms. The van der Waals surface area contributed by atoms with Gasteiger partial charge in [-0.3, -0.25) is 0 Å². The Morgan fingerprint density at radius 1 is 0.144 bits per heavy atom. The van der Waals surface area contributed by atoms with Gasteiger partial charge >= 0.3 is 0 Å². The van der Waals surface area contributed by atoms with Crippen molar-refractivity contribution < 1.29 is 0 Å². The second-order valence-corrected chi connectivity index (χ2v) is 33.1. The molecule has 0 saturated carbocycles. The zero-order valence-electron chi connectivity index (χ0n) is 64.0. The van der Waals surface area contributed by atoms with Crippen LogP contribution in [0.1, 0.15) is 44.5 Å². The normalized spacial score (nSPS) is 13.2. The second kappa shape index (κ2) is 28.3. The first-order valence-corrected chi connectivity index (χ1v) is 41.9. The fourth-order valence-electron chi connectivity index (χ4n) is 19.1. The third-order valence-corrected chi connectivity index (χ3v) is 26.8. The lowest BCUT2D eigenvalue weighted by molar-refractivity contribution is 0.723. The molecule has 2 aliphatic heterocycles. The summed E-state index contributed by atoms with van der Waals surface area (Å²) in [7, 11) is 0. The molecule has 4 nitrogen and oxygen atoms in total. The van der Waals surface area contributed by atoms with Crippen LogP contribution in [0.2, 0.25) is 0 Å². The SMILES string of the molecule is c1ccc(-c2cc(-c3ccc(-c4ccc(-c5ccc6c(c5)C5(c7cc(-c8ccccc8-c8cccc(-c9cc(-c%10cccc(-c%11cccc(-c%12ccc%13c(c%12)C%12(c%14ccccc%14S%13)c%13ccccc%13-c%13ccccc%13%12)c%11)c%10)nc(-c%10ccccc%10)n9)c8)ccc7S6)c6ccccc6-c6ccccc65)cc4)cc3)nc(-c3ccccc3)n2)cc1. The van der Waals surface area contributed by atoms with Gasteiger partial charge in [0, 0.05) is 53.0 Å². The first-order chi connectivity index (χ1) is 58.4. The first-order valence-electron chi connectivity index (χ1n) is 40.3. The van der Waals surface area contributed by atoms with E-state index in [9.17, 15) is 0 Å². The number of hydrogen-bond acceptors (Lipinski definition) is 6. The molecule has 0 fully saturated rings. The molecule has 23 rings (SSSR count). The van der Waals surface area contributed by atoms with Crippen LogP contribution < -0.4 is 0 Å². The summed E-state index contributed by atoms with van der Waals surface area (Å²) in [6.07, 6.45) is 0. The zero-order valence-corrected chi connectivity index (χ0v) is 65.7. The predicted molar refractivity (Wildman–Crippen MR) is 486 cm³/mol. The van der Waals surface area contributed by atoms with Gasteiger partial charge in [0.25, 0.3) is 0 Å². The van der Waals surface area contributed by atoms with E-state index >= 15 is 0 Å². The van der Waals surface area contributed by atoms with Crippen molar-refractivity contribution in [3.05, 3.63) is 469 Å². The third kappa shape index (κ3) is 11.4. The third-order valence-electron chi connectivity index (χ3n) is 24.5. The van der Waals surface area contributed by atoms with E-state index in [0.717, 1.165) is 112 Å². The predicted octanol–water partition coefficient (Wildman–Crippen LogP) is 28.9. The minimum Gasteiger partial charge on any atom is -0.228 e. The highest BCUT2D eigenvalue weighted by molar-refractivity contribution is 7.99. The number of rotatable bonds is 12. The Morgan fingerprint density at radius 2 is 0.390 bits per heavy atom. The molecule has 17 aromatic carbocycles. The molecule has 0 bridgehead atoms. The minimum atomic E-state index is -0.624. The van der Waals surface area contributed by atoms with Crippen LogP contribution in [0.25, 0.3) is 157 Å². The molecule has 0 amide bonds. The van der Waals surface area contributed by atoms with Gasteiger partial charge in [-0.05, 0) is 206 Å². The fourth-order valence-corrected chi connectivity index (χ4v) is 21.4. The van der Waals surface area contributed by atoms with Crippen LogP contribution >= 0.6 is 23.5 Å². The van der Waals surface area contributed by atoms with E-state index in [4.69, 9.17) is 19.9 Å². The van der Waals surface area contributed by atoms with Gasteiger partial charge in [-0.1, -0.05) is 375 Å². The summed E-state index contributed by atoms with van der Waals surface area (Å²) in [5.41, 5.74) is 37.8. The Balaban J connectivity index is 0.575. The summed E-state index contributed by atoms with van der Waals surface area (Å²) in [6.45, 7) is 0. The molecule has 0 radical (unpaired) electrons. The van der Waals surface area contributed by atoms with Gasteiger partial charge in [-0.2, -0.15) is 0 Å². The van der Waals surface area contributed by atoms with Gasteiger partial charge < -0.3 is 0 Å². The van der Waals surface area contributed by atoms with E-state index < -0.39 is 10.8 Å². The molecule has 0 unspecified atom stereocenters. The van der Waals surface area contributed by atoms with Crippen LogP contribution in [0.15, 0.2) is 444 Å². The van der Waals surface area contributed by atoms with Crippen LogP contribution in [0, 0.1) is 0 Å². The molecule has 0 atom stereocenters. The number of benzene rings is 17. The summed E-state index contributed by atoms with van der Waals surface area (Å²) in [5, 5.41) is 0. The van der Waals surface area contributed by atoms with Gasteiger partial charge in [-0.15, -0.1) is 0 Å². The lowest BCUT2D eigenvalue weighted by Crippen LogP contribution is -2.32. The van der Waals surface area contributed by atoms with Crippen LogP contribution in [0.4, 0.5) is 0 Å². The van der Waals surface area contributed by atoms with Crippen molar-refractivity contribution in [1.29, 1.82) is 0 Å². The molecular formula is C112H70N4S2. The van der Waals surface area contributed by atoms with Crippen molar-refractivity contribution in [3.63, 3.8) is 0 Å². The molecule has 4 aliphatic rings. The highest BCUT2D eigenvalue weighted by Crippen LogP contribution is 2.65.